The van der Waals surface area contributed by atoms with Gasteiger partial charge in [0, 0.05) is 0 Å². The smallest absolute Gasteiger partial charge is 0.208 e. The molecule has 0 aromatic heterocycles. The van der Waals surface area contributed by atoms with E-state index in [-0.39, 0.29) is 12.2 Å². The van der Waals surface area contributed by atoms with Crippen molar-refractivity contribution in [2.24, 2.45) is 0 Å². The van der Waals surface area contributed by atoms with E-state index in [0.29, 0.717) is 18.9 Å². The third-order valence-corrected chi connectivity index (χ3v) is 4.88. The average molecular weight is 220 g/mol. The Kier molecular flexibility index (Phi) is 3.27. The Morgan fingerprint density at radius 2 is 1.79 bits per heavy atom. The molecule has 2 aliphatic heterocycles. The number of hydrogen-bond acceptors (Lipinski definition) is 4. The Labute approximate surface area is 84.4 Å². The highest BCUT2D eigenvalue weighted by Crippen LogP contribution is 2.51. The molecule has 0 amide bonds. The largest absolute Gasteiger partial charge is 0.373 e. The average Bonchev–Trinajstić information content (AvgIpc) is 2.98. The summed E-state index contributed by atoms with van der Waals surface area (Å²) in [6, 6.07) is 0. The first-order chi connectivity index (χ1) is 6.72. The van der Waals surface area contributed by atoms with Crippen molar-refractivity contribution < 1.29 is 18.6 Å². The molecule has 2 aliphatic rings. The summed E-state index contributed by atoms with van der Waals surface area (Å²) >= 11 is 0. The minimum atomic E-state index is -2.47. The van der Waals surface area contributed by atoms with E-state index in [0.717, 1.165) is 19.6 Å². The Morgan fingerprint density at radius 3 is 2.14 bits per heavy atom. The molecule has 0 N–H and O–H groups in total. The van der Waals surface area contributed by atoms with E-state index < -0.39 is 7.37 Å². The third kappa shape index (κ3) is 3.35. The fraction of sp³-hybridized carbons (Fsp3) is 1.00. The van der Waals surface area contributed by atoms with Crippen LogP contribution in [-0.4, -0.2) is 44.4 Å². The van der Waals surface area contributed by atoms with Gasteiger partial charge in [-0.1, -0.05) is 6.92 Å². The Balaban J connectivity index is 1.83. The summed E-state index contributed by atoms with van der Waals surface area (Å²) in [5.74, 6) is 0. The Morgan fingerprint density at radius 1 is 1.29 bits per heavy atom. The lowest BCUT2D eigenvalue weighted by atomic mass is 10.5. The molecule has 0 aromatic carbocycles. The number of ether oxygens (including phenoxy) is 2. The number of epoxide rings is 2. The second kappa shape index (κ2) is 4.31. The minimum absolute atomic E-state index is 0.177. The molecule has 0 aromatic rings. The van der Waals surface area contributed by atoms with Crippen LogP contribution in [0.25, 0.3) is 0 Å². The zero-order valence-electron chi connectivity index (χ0n) is 8.48. The van der Waals surface area contributed by atoms with Crippen LogP contribution in [0.5, 0.6) is 0 Å². The fourth-order valence-electron chi connectivity index (χ4n) is 1.41. The standard InChI is InChI=1S/C9H17O4P/c1-2-3-13-14(10,6-8-4-11-8)7-9-5-12-9/h8-9H,2-7H2,1H3. The van der Waals surface area contributed by atoms with Gasteiger partial charge in [0.05, 0.1) is 44.4 Å². The van der Waals surface area contributed by atoms with E-state index in [1.807, 2.05) is 6.92 Å². The van der Waals surface area contributed by atoms with E-state index in [9.17, 15) is 4.57 Å². The van der Waals surface area contributed by atoms with Gasteiger partial charge >= 0.3 is 0 Å². The van der Waals surface area contributed by atoms with Gasteiger partial charge in [0.25, 0.3) is 0 Å². The lowest BCUT2D eigenvalue weighted by Gasteiger charge is -2.16. The van der Waals surface area contributed by atoms with Crippen LogP contribution in [0, 0.1) is 0 Å². The van der Waals surface area contributed by atoms with Gasteiger partial charge in [-0.05, 0) is 6.42 Å². The van der Waals surface area contributed by atoms with Crippen molar-refractivity contribution in [3.05, 3.63) is 0 Å². The highest BCUT2D eigenvalue weighted by molar-refractivity contribution is 7.59. The molecule has 2 atom stereocenters. The van der Waals surface area contributed by atoms with Gasteiger partial charge in [-0.2, -0.15) is 0 Å². The van der Waals surface area contributed by atoms with Crippen LogP contribution < -0.4 is 0 Å². The maximum absolute atomic E-state index is 12.3. The number of rotatable bonds is 7. The molecule has 14 heavy (non-hydrogen) atoms. The first-order valence-corrected chi connectivity index (χ1v) is 7.17. The van der Waals surface area contributed by atoms with Crippen molar-refractivity contribution >= 4 is 7.37 Å². The molecular formula is C9H17O4P. The summed E-state index contributed by atoms with van der Waals surface area (Å²) < 4.78 is 28.0. The van der Waals surface area contributed by atoms with E-state index in [1.165, 1.54) is 0 Å². The van der Waals surface area contributed by atoms with Crippen molar-refractivity contribution in [3.8, 4) is 0 Å². The maximum Gasteiger partial charge on any atom is 0.208 e. The van der Waals surface area contributed by atoms with Crippen LogP contribution in [0.3, 0.4) is 0 Å². The molecule has 4 nitrogen and oxygen atoms in total. The normalized spacial score (nSPS) is 33.8. The molecule has 0 aliphatic carbocycles. The van der Waals surface area contributed by atoms with E-state index >= 15 is 0 Å². The molecule has 2 heterocycles. The van der Waals surface area contributed by atoms with Crippen LogP contribution in [-0.2, 0) is 18.6 Å². The van der Waals surface area contributed by atoms with Crippen molar-refractivity contribution in [1.29, 1.82) is 0 Å². The van der Waals surface area contributed by atoms with Gasteiger partial charge in [-0.3, -0.25) is 4.57 Å². The summed E-state index contributed by atoms with van der Waals surface area (Å²) in [4.78, 5) is 0. The predicted octanol–water partition coefficient (Wildman–Crippen LogP) is 1.49. The summed E-state index contributed by atoms with van der Waals surface area (Å²) in [7, 11) is -2.47. The van der Waals surface area contributed by atoms with Crippen molar-refractivity contribution in [1.82, 2.24) is 0 Å². The summed E-state index contributed by atoms with van der Waals surface area (Å²) in [6.07, 6.45) is 2.41. The zero-order valence-corrected chi connectivity index (χ0v) is 9.37. The maximum atomic E-state index is 12.3. The van der Waals surface area contributed by atoms with Crippen molar-refractivity contribution in [2.45, 2.75) is 25.6 Å². The van der Waals surface area contributed by atoms with Gasteiger partial charge < -0.3 is 14.0 Å². The molecule has 82 valence electrons. The Hall–Kier alpha value is 0.110. The van der Waals surface area contributed by atoms with E-state index in [4.69, 9.17) is 14.0 Å². The summed E-state index contributed by atoms with van der Waals surface area (Å²) in [5.41, 5.74) is 0. The minimum Gasteiger partial charge on any atom is -0.373 e. The van der Waals surface area contributed by atoms with Gasteiger partial charge in [0.2, 0.25) is 7.37 Å². The molecule has 2 saturated heterocycles. The predicted molar refractivity (Wildman–Crippen MR) is 53.1 cm³/mol. The van der Waals surface area contributed by atoms with Crippen LogP contribution in [0.1, 0.15) is 13.3 Å². The highest BCUT2D eigenvalue weighted by Gasteiger charge is 2.39. The van der Waals surface area contributed by atoms with E-state index in [1.54, 1.807) is 0 Å². The van der Waals surface area contributed by atoms with Crippen molar-refractivity contribution in [3.63, 3.8) is 0 Å². The zero-order chi connectivity index (χ0) is 10.0. The van der Waals surface area contributed by atoms with E-state index in [2.05, 4.69) is 0 Å². The fourth-order valence-corrected chi connectivity index (χ4v) is 3.94. The number of hydrogen-bond donors (Lipinski definition) is 0. The molecule has 5 heteroatoms. The van der Waals surface area contributed by atoms with Gasteiger partial charge in [0.15, 0.2) is 0 Å². The molecule has 2 fully saturated rings. The summed E-state index contributed by atoms with van der Waals surface area (Å²) in [5, 5.41) is 0. The van der Waals surface area contributed by atoms with Gasteiger partial charge in [-0.25, -0.2) is 0 Å². The second-order valence-electron chi connectivity index (χ2n) is 3.92. The summed E-state index contributed by atoms with van der Waals surface area (Å²) in [6.45, 7) is 4.08. The molecule has 2 rings (SSSR count). The molecule has 0 spiro atoms. The molecule has 0 radical (unpaired) electrons. The molecule has 2 unspecified atom stereocenters. The first-order valence-electron chi connectivity index (χ1n) is 5.18. The van der Waals surface area contributed by atoms with Crippen LogP contribution in [0.2, 0.25) is 0 Å². The van der Waals surface area contributed by atoms with Crippen LogP contribution in [0.15, 0.2) is 0 Å². The van der Waals surface area contributed by atoms with Gasteiger partial charge in [-0.15, -0.1) is 0 Å². The van der Waals surface area contributed by atoms with Crippen molar-refractivity contribution in [2.75, 3.05) is 32.1 Å². The molecule has 0 bridgehead atoms. The van der Waals surface area contributed by atoms with Gasteiger partial charge in [0.1, 0.15) is 0 Å². The highest BCUT2D eigenvalue weighted by atomic mass is 31.2. The lowest BCUT2D eigenvalue weighted by Crippen LogP contribution is -2.09. The quantitative estimate of drug-likeness (QED) is 0.481. The Bertz CT molecular complexity index is 217. The second-order valence-corrected chi connectivity index (χ2v) is 6.54. The molecule has 0 saturated carbocycles. The van der Waals surface area contributed by atoms with Crippen LogP contribution >= 0.6 is 7.37 Å². The lowest BCUT2D eigenvalue weighted by molar-refractivity contribution is 0.304. The monoisotopic (exact) mass is 220 g/mol. The first kappa shape index (κ1) is 10.6. The van der Waals surface area contributed by atoms with Crippen LogP contribution in [0.4, 0.5) is 0 Å². The topological polar surface area (TPSA) is 51.4 Å². The SMILES string of the molecule is CCCOP(=O)(CC1CO1)CC1CO1. The molecular weight excluding hydrogens is 203 g/mol. The third-order valence-electron chi connectivity index (χ3n) is 2.30.